The van der Waals surface area contributed by atoms with E-state index < -0.39 is 17.5 Å². The van der Waals surface area contributed by atoms with Crippen LogP contribution in [0.2, 0.25) is 0 Å². The Hall–Kier alpha value is -3.35. The number of carbonyl (C=O) groups is 3. The quantitative estimate of drug-likeness (QED) is 0.450. The number of fused-ring (bicyclic) bond motifs is 3. The molecule has 0 aromatic heterocycles. The lowest BCUT2D eigenvalue weighted by Crippen LogP contribution is -2.43. The lowest BCUT2D eigenvalue weighted by atomic mass is 9.82. The van der Waals surface area contributed by atoms with E-state index in [1.807, 2.05) is 45.0 Å². The standard InChI is InChI=1S/C27H34N2O5/c1-4-27(5-2,25(31)32)17-29-24(30)14-18(3)15-28-26(33)34-16-23-21-12-8-6-10-19(21)20-11-7-9-13-22(20)23/h6-13,18,23H,4-5,14-17H2,1-3H3,(H,28,33)(H,29,30)(H,31,32). The second kappa shape index (κ2) is 11.2. The van der Waals surface area contributed by atoms with Gasteiger partial charge < -0.3 is 20.5 Å². The van der Waals surface area contributed by atoms with Crippen molar-refractivity contribution in [3.63, 3.8) is 0 Å². The first-order valence-corrected chi connectivity index (χ1v) is 11.9. The van der Waals surface area contributed by atoms with Crippen LogP contribution < -0.4 is 10.6 Å². The molecule has 1 aliphatic carbocycles. The molecule has 1 aliphatic rings. The zero-order valence-corrected chi connectivity index (χ0v) is 20.1. The maximum Gasteiger partial charge on any atom is 0.407 e. The van der Waals surface area contributed by atoms with E-state index >= 15 is 0 Å². The van der Waals surface area contributed by atoms with Gasteiger partial charge in [-0.3, -0.25) is 9.59 Å². The van der Waals surface area contributed by atoms with Gasteiger partial charge in [0.1, 0.15) is 6.61 Å². The van der Waals surface area contributed by atoms with Crippen LogP contribution in [-0.2, 0) is 14.3 Å². The molecule has 7 heteroatoms. The van der Waals surface area contributed by atoms with Crippen LogP contribution in [0.15, 0.2) is 48.5 Å². The van der Waals surface area contributed by atoms with Crippen molar-refractivity contribution in [3.8, 4) is 11.1 Å². The summed E-state index contributed by atoms with van der Waals surface area (Å²) in [7, 11) is 0. The molecule has 3 rings (SSSR count). The molecule has 1 atom stereocenters. The molecule has 0 heterocycles. The van der Waals surface area contributed by atoms with Crippen molar-refractivity contribution in [1.29, 1.82) is 0 Å². The highest BCUT2D eigenvalue weighted by Crippen LogP contribution is 2.44. The highest BCUT2D eigenvalue weighted by atomic mass is 16.5. The summed E-state index contributed by atoms with van der Waals surface area (Å²) in [5.74, 6) is -1.26. The van der Waals surface area contributed by atoms with Crippen LogP contribution in [-0.4, -0.2) is 42.8 Å². The minimum absolute atomic E-state index is 0.00650. The molecular weight excluding hydrogens is 432 g/mol. The van der Waals surface area contributed by atoms with E-state index in [1.54, 1.807) is 0 Å². The van der Waals surface area contributed by atoms with Gasteiger partial charge in [-0.2, -0.15) is 0 Å². The summed E-state index contributed by atoms with van der Waals surface area (Å²) in [4.78, 5) is 36.2. The lowest BCUT2D eigenvalue weighted by Gasteiger charge is -2.27. The van der Waals surface area contributed by atoms with E-state index in [0.29, 0.717) is 12.8 Å². The minimum atomic E-state index is -0.946. The Bertz CT molecular complexity index is 986. The molecular formula is C27H34N2O5. The van der Waals surface area contributed by atoms with Crippen LogP contribution in [0.4, 0.5) is 4.79 Å². The van der Waals surface area contributed by atoms with E-state index in [9.17, 15) is 19.5 Å². The summed E-state index contributed by atoms with van der Waals surface area (Å²) >= 11 is 0. The summed E-state index contributed by atoms with van der Waals surface area (Å²) in [6, 6.07) is 16.3. The summed E-state index contributed by atoms with van der Waals surface area (Å²) < 4.78 is 5.53. The number of alkyl carbamates (subject to hydrolysis) is 1. The zero-order chi connectivity index (χ0) is 24.7. The van der Waals surface area contributed by atoms with E-state index in [0.717, 1.165) is 11.1 Å². The Labute approximate surface area is 200 Å². The van der Waals surface area contributed by atoms with Crippen molar-refractivity contribution in [2.45, 2.75) is 46.0 Å². The van der Waals surface area contributed by atoms with Crippen LogP contribution in [0, 0.1) is 11.3 Å². The molecule has 2 amide bonds. The summed E-state index contributed by atoms with van der Waals surface area (Å²) in [6.45, 7) is 6.10. The molecule has 3 N–H and O–H groups in total. The van der Waals surface area contributed by atoms with Gasteiger partial charge >= 0.3 is 12.1 Å². The molecule has 182 valence electrons. The largest absolute Gasteiger partial charge is 0.481 e. The van der Waals surface area contributed by atoms with Gasteiger partial charge in [0, 0.05) is 25.4 Å². The molecule has 0 aliphatic heterocycles. The number of benzene rings is 2. The topological polar surface area (TPSA) is 105 Å². The third-order valence-electron chi connectivity index (χ3n) is 6.90. The number of amides is 2. The number of ether oxygens (including phenoxy) is 1. The molecule has 0 saturated carbocycles. The molecule has 7 nitrogen and oxygen atoms in total. The minimum Gasteiger partial charge on any atom is -0.481 e. The number of carboxylic acids is 1. The van der Waals surface area contributed by atoms with Crippen LogP contribution in [0.3, 0.4) is 0 Å². The fourth-order valence-corrected chi connectivity index (χ4v) is 4.51. The predicted molar refractivity (Wildman–Crippen MR) is 131 cm³/mol. The number of hydrogen-bond acceptors (Lipinski definition) is 4. The van der Waals surface area contributed by atoms with Gasteiger partial charge in [-0.25, -0.2) is 4.79 Å². The Morgan fingerprint density at radius 2 is 1.53 bits per heavy atom. The summed E-state index contributed by atoms with van der Waals surface area (Å²) in [5, 5.41) is 15.0. The van der Waals surface area contributed by atoms with Crippen LogP contribution in [0.5, 0.6) is 0 Å². The molecule has 0 bridgehead atoms. The van der Waals surface area contributed by atoms with E-state index in [4.69, 9.17) is 4.74 Å². The van der Waals surface area contributed by atoms with Gasteiger partial charge in [0.15, 0.2) is 0 Å². The van der Waals surface area contributed by atoms with E-state index in [-0.39, 0.29) is 43.9 Å². The second-order valence-electron chi connectivity index (χ2n) is 9.09. The van der Waals surface area contributed by atoms with Crippen molar-refractivity contribution >= 4 is 18.0 Å². The van der Waals surface area contributed by atoms with Crippen molar-refractivity contribution in [2.24, 2.45) is 11.3 Å². The smallest absolute Gasteiger partial charge is 0.407 e. The highest BCUT2D eigenvalue weighted by Gasteiger charge is 2.35. The van der Waals surface area contributed by atoms with Crippen molar-refractivity contribution in [3.05, 3.63) is 59.7 Å². The lowest BCUT2D eigenvalue weighted by molar-refractivity contribution is -0.149. The monoisotopic (exact) mass is 466 g/mol. The van der Waals surface area contributed by atoms with Gasteiger partial charge in [-0.15, -0.1) is 0 Å². The van der Waals surface area contributed by atoms with Crippen molar-refractivity contribution in [1.82, 2.24) is 10.6 Å². The SMILES string of the molecule is CCC(CC)(CNC(=O)CC(C)CNC(=O)OCC1c2ccccc2-c2ccccc21)C(=O)O. The molecule has 34 heavy (non-hydrogen) atoms. The highest BCUT2D eigenvalue weighted by molar-refractivity contribution is 5.80. The predicted octanol–water partition coefficient (Wildman–Crippen LogP) is 4.56. The number of aliphatic carboxylic acids is 1. The first-order valence-electron chi connectivity index (χ1n) is 11.9. The fraction of sp³-hybridized carbons (Fsp3) is 0.444. The molecule has 1 unspecified atom stereocenters. The van der Waals surface area contributed by atoms with Crippen LogP contribution in [0.25, 0.3) is 11.1 Å². The van der Waals surface area contributed by atoms with Gasteiger partial charge in [0.2, 0.25) is 5.91 Å². The van der Waals surface area contributed by atoms with Gasteiger partial charge in [0.05, 0.1) is 5.41 Å². The average Bonchev–Trinajstić information content (AvgIpc) is 3.16. The van der Waals surface area contributed by atoms with Crippen LogP contribution in [0.1, 0.15) is 57.1 Å². The number of hydrogen-bond donors (Lipinski definition) is 3. The molecule has 0 spiro atoms. The third-order valence-corrected chi connectivity index (χ3v) is 6.90. The van der Waals surface area contributed by atoms with Gasteiger partial charge in [0.25, 0.3) is 0 Å². The number of carbonyl (C=O) groups excluding carboxylic acids is 2. The Morgan fingerprint density at radius 1 is 0.971 bits per heavy atom. The maximum atomic E-state index is 12.3. The summed E-state index contributed by atoms with van der Waals surface area (Å²) in [5.41, 5.74) is 3.70. The number of nitrogens with one attached hydrogen (secondary N) is 2. The third kappa shape index (κ3) is 5.58. The Balaban J connectivity index is 1.45. The van der Waals surface area contributed by atoms with Gasteiger partial charge in [-0.05, 0) is 41.0 Å². The fourth-order valence-electron chi connectivity index (χ4n) is 4.51. The maximum absolute atomic E-state index is 12.3. The Morgan fingerprint density at radius 3 is 2.06 bits per heavy atom. The first kappa shape index (κ1) is 25.3. The first-order chi connectivity index (χ1) is 16.3. The zero-order valence-electron chi connectivity index (χ0n) is 20.1. The second-order valence-corrected chi connectivity index (χ2v) is 9.09. The van der Waals surface area contributed by atoms with Crippen molar-refractivity contribution < 1.29 is 24.2 Å². The van der Waals surface area contributed by atoms with Crippen LogP contribution >= 0.6 is 0 Å². The van der Waals surface area contributed by atoms with E-state index in [2.05, 4.69) is 34.9 Å². The molecule has 2 aromatic carbocycles. The molecule has 2 aromatic rings. The van der Waals surface area contributed by atoms with Gasteiger partial charge in [-0.1, -0.05) is 69.3 Å². The molecule has 0 radical (unpaired) electrons. The van der Waals surface area contributed by atoms with E-state index in [1.165, 1.54) is 11.1 Å². The Kier molecular flexibility index (Phi) is 8.31. The number of rotatable bonds is 11. The average molecular weight is 467 g/mol. The summed E-state index contributed by atoms with van der Waals surface area (Å²) in [6.07, 6.45) is 0.555. The molecule has 0 fully saturated rings. The van der Waals surface area contributed by atoms with Crippen molar-refractivity contribution in [2.75, 3.05) is 19.7 Å². The molecule has 0 saturated heterocycles. The normalized spacial score (nSPS) is 13.5. The number of carboxylic acid groups (broad SMARTS) is 1.